The third kappa shape index (κ3) is 2.26. The molecule has 4 atom stereocenters. The zero-order valence-electron chi connectivity index (χ0n) is 13.7. The van der Waals surface area contributed by atoms with Gasteiger partial charge in [0.2, 0.25) is 0 Å². The van der Waals surface area contributed by atoms with Crippen molar-refractivity contribution in [3.8, 4) is 11.5 Å². The van der Waals surface area contributed by atoms with Crippen molar-refractivity contribution in [2.24, 2.45) is 0 Å². The van der Waals surface area contributed by atoms with Crippen LogP contribution in [0.4, 0.5) is 0 Å². The Morgan fingerprint density at radius 2 is 2.22 bits per heavy atom. The van der Waals surface area contributed by atoms with E-state index in [1.807, 2.05) is 12.1 Å². The van der Waals surface area contributed by atoms with Crippen molar-refractivity contribution in [3.05, 3.63) is 42.5 Å². The summed E-state index contributed by atoms with van der Waals surface area (Å²) in [7, 11) is 8.21. The highest BCUT2D eigenvalue weighted by Crippen LogP contribution is 2.56. The average Bonchev–Trinajstić information content (AvgIpc) is 2.74. The maximum absolute atomic E-state index is 10.0. The number of aliphatic hydroxyl groups is 1. The van der Waals surface area contributed by atoms with E-state index in [2.05, 4.69) is 26.2 Å². The van der Waals surface area contributed by atoms with Gasteiger partial charge in [0.1, 0.15) is 6.10 Å². The molecule has 1 aromatic carbocycles. The molecule has 4 rings (SSSR count). The van der Waals surface area contributed by atoms with Crippen LogP contribution in [0.2, 0.25) is 0 Å². The predicted octanol–water partition coefficient (Wildman–Crippen LogP) is 1.33. The molecule has 2 heterocycles. The molecule has 1 unspecified atom stereocenters. The van der Waals surface area contributed by atoms with Crippen LogP contribution < -0.4 is 9.47 Å². The molecule has 1 aliphatic carbocycles. The van der Waals surface area contributed by atoms with E-state index in [0.29, 0.717) is 6.42 Å². The number of rotatable bonds is 1. The molecule has 0 aromatic heterocycles. The Balaban J connectivity index is 0.00000156. The first-order valence-electron chi connectivity index (χ1n) is 7.88. The molecule has 23 heavy (non-hydrogen) atoms. The van der Waals surface area contributed by atoms with Gasteiger partial charge in [-0.2, -0.15) is 0 Å². The second-order valence-electron chi connectivity index (χ2n) is 7.19. The highest BCUT2D eigenvalue weighted by Gasteiger charge is 2.53. The summed E-state index contributed by atoms with van der Waals surface area (Å²) in [6.45, 7) is 1.87. The van der Waals surface area contributed by atoms with Crippen LogP contribution in [0.5, 0.6) is 11.5 Å². The fraction of sp³-hybridized carbons (Fsp3) is 0.500. The Kier molecular flexibility index (Phi) is 3.71. The molecule has 0 saturated carbocycles. The molecule has 5 nitrogen and oxygen atoms in total. The minimum absolute atomic E-state index is 0. The van der Waals surface area contributed by atoms with Crippen LogP contribution in [0.25, 0.3) is 0 Å². The van der Waals surface area contributed by atoms with Crippen molar-refractivity contribution in [1.29, 1.82) is 0 Å². The number of hydrogen-bond acceptors (Lipinski definition) is 3. The van der Waals surface area contributed by atoms with Crippen molar-refractivity contribution in [2.75, 3.05) is 20.7 Å². The number of nitrogens with zero attached hydrogens (tertiary/aromatic N) is 1. The lowest BCUT2D eigenvalue weighted by molar-refractivity contribution is -0.879. The first-order chi connectivity index (χ1) is 10.5. The summed E-state index contributed by atoms with van der Waals surface area (Å²) in [6.07, 6.45) is 5.27. The second-order valence-corrected chi connectivity index (χ2v) is 7.19. The number of aliphatic hydroxyl groups excluding tert-OH is 1. The summed E-state index contributed by atoms with van der Waals surface area (Å²) in [5.74, 6) is 1.65. The maximum Gasteiger partial charge on any atom is 0.166 e. The van der Waals surface area contributed by atoms with Crippen molar-refractivity contribution >= 4 is 0 Å². The number of quaternary nitrogens is 1. The first kappa shape index (κ1) is 16.3. The van der Waals surface area contributed by atoms with Gasteiger partial charge in [-0.25, -0.2) is 0 Å². The van der Waals surface area contributed by atoms with Gasteiger partial charge in [0.15, 0.2) is 11.5 Å². The van der Waals surface area contributed by atoms with E-state index in [1.54, 1.807) is 7.11 Å². The Morgan fingerprint density at radius 1 is 1.43 bits per heavy atom. The topological polar surface area (TPSA) is 70.2 Å². The van der Waals surface area contributed by atoms with Gasteiger partial charge in [-0.1, -0.05) is 12.2 Å². The van der Waals surface area contributed by atoms with Crippen LogP contribution in [0.15, 0.2) is 24.3 Å². The summed E-state index contributed by atoms with van der Waals surface area (Å²) in [6, 6.07) is 4.14. The second kappa shape index (κ2) is 5.23. The molecule has 3 N–H and O–H groups in total. The summed E-state index contributed by atoms with van der Waals surface area (Å²) < 4.78 is 12.5. The third-order valence-corrected chi connectivity index (χ3v) is 5.42. The summed E-state index contributed by atoms with van der Waals surface area (Å²) in [5, 5.41) is 10.0. The maximum atomic E-state index is 10.0. The zero-order valence-corrected chi connectivity index (χ0v) is 13.7. The lowest BCUT2D eigenvalue weighted by Crippen LogP contribution is -2.44. The molecule has 126 valence electrons. The number of benzene rings is 1. The fourth-order valence-corrected chi connectivity index (χ4v) is 4.28. The normalized spacial score (nSPS) is 37.0. The van der Waals surface area contributed by atoms with E-state index in [9.17, 15) is 5.11 Å². The molecule has 0 radical (unpaired) electrons. The van der Waals surface area contributed by atoms with Crippen LogP contribution in [0, 0.1) is 7.05 Å². The van der Waals surface area contributed by atoms with Crippen molar-refractivity contribution in [3.63, 3.8) is 0 Å². The van der Waals surface area contributed by atoms with E-state index >= 15 is 0 Å². The molecule has 0 amide bonds. The van der Waals surface area contributed by atoms with Gasteiger partial charge in [-0.15, -0.1) is 7.05 Å². The molecular weight excluding hydrogens is 294 g/mol. The van der Waals surface area contributed by atoms with Gasteiger partial charge in [-0.3, -0.25) is 0 Å². The number of ether oxygens (including phenoxy) is 2. The smallest absolute Gasteiger partial charge is 0.166 e. The predicted molar refractivity (Wildman–Crippen MR) is 87.2 cm³/mol. The average molecular weight is 319 g/mol. The van der Waals surface area contributed by atoms with Gasteiger partial charge in [-0.05, 0) is 12.1 Å². The minimum atomic E-state index is -0.428. The quantitative estimate of drug-likeness (QED) is 0.482. The van der Waals surface area contributed by atoms with E-state index in [-0.39, 0.29) is 17.0 Å². The molecule has 5 heteroatoms. The largest absolute Gasteiger partial charge is 0.493 e. The van der Waals surface area contributed by atoms with E-state index in [0.717, 1.165) is 35.5 Å². The molecule has 0 bridgehead atoms. The van der Waals surface area contributed by atoms with Crippen molar-refractivity contribution < 1.29 is 24.5 Å². The Hall–Kier alpha value is -1.56. The minimum Gasteiger partial charge on any atom is -0.493 e. The van der Waals surface area contributed by atoms with Gasteiger partial charge in [0, 0.05) is 31.0 Å². The molecule has 2 aliphatic heterocycles. The van der Waals surface area contributed by atoms with Gasteiger partial charge in [0.05, 0.1) is 31.7 Å². The summed E-state index contributed by atoms with van der Waals surface area (Å²) >= 11 is 0. The van der Waals surface area contributed by atoms with E-state index < -0.39 is 6.10 Å². The van der Waals surface area contributed by atoms with Crippen LogP contribution >= 0.6 is 0 Å². The SMILES string of the molecule is O.[CH2-][N+]1(C)CC[C@@]23C=C[C@H](O)C[C@@H]2Oc2c(OC)ccc(c23)C1. The van der Waals surface area contributed by atoms with E-state index in [1.165, 1.54) is 11.1 Å². The van der Waals surface area contributed by atoms with Crippen molar-refractivity contribution in [1.82, 2.24) is 0 Å². The first-order valence-corrected chi connectivity index (χ1v) is 7.88. The lowest BCUT2D eigenvalue weighted by atomic mass is 9.69. The van der Waals surface area contributed by atoms with Crippen LogP contribution in [-0.4, -0.2) is 48.0 Å². The fourth-order valence-electron chi connectivity index (χ4n) is 4.28. The standard InChI is InChI=1S/C18H23NO3.H2O/c1-19(2)9-8-18-7-6-13(20)10-15(18)22-17-14(21-3)5-4-12(11-19)16(17)18;/h4-7,13,15,20H,1,8-11H2,2-3H3;1H2/t13-,15-,18-,19?;/m0./s1. The highest BCUT2D eigenvalue weighted by molar-refractivity contribution is 5.60. The molecule has 1 aromatic rings. The molecule has 0 saturated heterocycles. The van der Waals surface area contributed by atoms with Gasteiger partial charge in [0.25, 0.3) is 0 Å². The van der Waals surface area contributed by atoms with Gasteiger partial charge < -0.3 is 24.5 Å². The van der Waals surface area contributed by atoms with E-state index in [4.69, 9.17) is 9.47 Å². The lowest BCUT2D eigenvalue weighted by Gasteiger charge is -2.39. The Bertz CT molecular complexity index is 655. The van der Waals surface area contributed by atoms with Gasteiger partial charge >= 0.3 is 0 Å². The Labute approximate surface area is 137 Å². The summed E-state index contributed by atoms with van der Waals surface area (Å²) in [5.41, 5.74) is 2.39. The molecular formula is C18H25NO4. The monoisotopic (exact) mass is 319 g/mol. The third-order valence-electron chi connectivity index (χ3n) is 5.42. The molecule has 3 aliphatic rings. The van der Waals surface area contributed by atoms with Crippen LogP contribution in [-0.2, 0) is 12.0 Å². The summed E-state index contributed by atoms with van der Waals surface area (Å²) in [4.78, 5) is 0. The number of hydrogen-bond donors (Lipinski definition) is 1. The highest BCUT2D eigenvalue weighted by atomic mass is 16.5. The zero-order chi connectivity index (χ0) is 15.5. The molecule has 0 fully saturated rings. The van der Waals surface area contributed by atoms with Crippen molar-refractivity contribution in [2.45, 2.75) is 37.0 Å². The van der Waals surface area contributed by atoms with Crippen LogP contribution in [0.1, 0.15) is 24.0 Å². The Morgan fingerprint density at radius 3 is 2.96 bits per heavy atom. The number of methoxy groups -OCH3 is 1. The molecule has 1 spiro atoms. The van der Waals surface area contributed by atoms with Crippen LogP contribution in [0.3, 0.4) is 0 Å².